The maximum atomic E-state index is 8.68. The lowest BCUT2D eigenvalue weighted by atomic mass is 10.1. The van der Waals surface area contributed by atoms with Gasteiger partial charge < -0.3 is 15.8 Å². The minimum absolute atomic E-state index is 0.160. The fourth-order valence-corrected chi connectivity index (χ4v) is 2.09. The van der Waals surface area contributed by atoms with Crippen LogP contribution in [0.4, 0.5) is 0 Å². The Labute approximate surface area is 115 Å². The van der Waals surface area contributed by atoms with Crippen LogP contribution in [0.3, 0.4) is 0 Å². The van der Waals surface area contributed by atoms with Gasteiger partial charge in [-0.05, 0) is 31.6 Å². The van der Waals surface area contributed by atoms with Gasteiger partial charge in [0, 0.05) is 12.1 Å². The maximum Gasteiger partial charge on any atom is 0.170 e. The van der Waals surface area contributed by atoms with Crippen molar-refractivity contribution in [3.63, 3.8) is 0 Å². The summed E-state index contributed by atoms with van der Waals surface area (Å²) >= 11 is 0. The number of benzene rings is 1. The van der Waals surface area contributed by atoms with Crippen LogP contribution in [0.1, 0.15) is 43.7 Å². The van der Waals surface area contributed by atoms with E-state index < -0.39 is 0 Å². The Hall–Kier alpha value is -1.55. The fourth-order valence-electron chi connectivity index (χ4n) is 2.09. The zero-order chi connectivity index (χ0) is 14.1. The summed E-state index contributed by atoms with van der Waals surface area (Å²) in [4.78, 5) is 2.31. The van der Waals surface area contributed by atoms with Gasteiger partial charge in [0.05, 0.1) is 0 Å². The molecule has 0 aliphatic carbocycles. The Kier molecular flexibility index (Phi) is 6.97. The average molecular weight is 263 g/mol. The molecular formula is C15H25N3O. The molecule has 4 heteroatoms. The quantitative estimate of drug-likeness (QED) is 0.249. The lowest BCUT2D eigenvalue weighted by molar-refractivity contribution is 0.316. The van der Waals surface area contributed by atoms with Crippen molar-refractivity contribution in [2.75, 3.05) is 13.6 Å². The Morgan fingerprint density at radius 1 is 1.32 bits per heavy atom. The molecule has 0 aliphatic rings. The van der Waals surface area contributed by atoms with Crippen molar-refractivity contribution >= 4 is 5.84 Å². The summed E-state index contributed by atoms with van der Waals surface area (Å²) in [6.45, 7) is 4.22. The molecule has 19 heavy (non-hydrogen) atoms. The van der Waals surface area contributed by atoms with Crippen molar-refractivity contribution in [3.05, 3.63) is 35.4 Å². The normalized spacial score (nSPS) is 12.1. The molecular weight excluding hydrogens is 238 g/mol. The van der Waals surface area contributed by atoms with E-state index in [4.69, 9.17) is 10.9 Å². The van der Waals surface area contributed by atoms with E-state index in [0.717, 1.165) is 18.7 Å². The molecule has 0 bridgehead atoms. The molecule has 4 nitrogen and oxygen atoms in total. The van der Waals surface area contributed by atoms with E-state index in [9.17, 15) is 0 Å². The minimum Gasteiger partial charge on any atom is -0.409 e. The van der Waals surface area contributed by atoms with E-state index in [1.165, 1.54) is 31.2 Å². The molecule has 106 valence electrons. The zero-order valence-electron chi connectivity index (χ0n) is 12.0. The third-order valence-corrected chi connectivity index (χ3v) is 3.18. The van der Waals surface area contributed by atoms with Gasteiger partial charge in [-0.15, -0.1) is 0 Å². The fraction of sp³-hybridized carbons (Fsp3) is 0.533. The average Bonchev–Trinajstić information content (AvgIpc) is 2.43. The number of unbranched alkanes of at least 4 members (excludes halogenated alkanes) is 3. The molecule has 0 aromatic heterocycles. The van der Waals surface area contributed by atoms with Crippen molar-refractivity contribution in [1.82, 2.24) is 4.90 Å². The summed E-state index contributed by atoms with van der Waals surface area (Å²) in [6.07, 6.45) is 5.12. The van der Waals surface area contributed by atoms with Gasteiger partial charge in [-0.2, -0.15) is 0 Å². The molecule has 0 atom stereocenters. The number of nitrogens with zero attached hydrogens (tertiary/aromatic N) is 2. The molecule has 0 radical (unpaired) electrons. The molecule has 0 aliphatic heterocycles. The Bertz CT molecular complexity index is 404. The lowest BCUT2D eigenvalue weighted by Gasteiger charge is -2.17. The monoisotopic (exact) mass is 263 g/mol. The molecule has 0 saturated heterocycles. The standard InChI is InChI=1S/C15H25N3O/c1-3-4-5-6-10-18(2)12-13-8-7-9-14(11-13)15(16)17-19/h7-9,11,19H,3-6,10,12H2,1-2H3,(H2,16,17). The van der Waals surface area contributed by atoms with Crippen LogP contribution >= 0.6 is 0 Å². The zero-order valence-corrected chi connectivity index (χ0v) is 12.0. The third kappa shape index (κ3) is 5.75. The van der Waals surface area contributed by atoms with Crippen molar-refractivity contribution in [3.8, 4) is 0 Å². The summed E-state index contributed by atoms with van der Waals surface area (Å²) in [5, 5.41) is 11.7. The van der Waals surface area contributed by atoms with E-state index >= 15 is 0 Å². The maximum absolute atomic E-state index is 8.68. The van der Waals surface area contributed by atoms with Crippen LogP contribution in [0.15, 0.2) is 29.4 Å². The third-order valence-electron chi connectivity index (χ3n) is 3.18. The summed E-state index contributed by atoms with van der Waals surface area (Å²) < 4.78 is 0. The summed E-state index contributed by atoms with van der Waals surface area (Å²) in [7, 11) is 2.13. The Morgan fingerprint density at radius 3 is 2.79 bits per heavy atom. The summed E-state index contributed by atoms with van der Waals surface area (Å²) in [6, 6.07) is 7.82. The number of hydrogen-bond donors (Lipinski definition) is 2. The van der Waals surface area contributed by atoms with Crippen LogP contribution in [0.2, 0.25) is 0 Å². The van der Waals surface area contributed by atoms with Crippen molar-refractivity contribution < 1.29 is 5.21 Å². The number of nitrogens with two attached hydrogens (primary N) is 1. The van der Waals surface area contributed by atoms with Gasteiger partial charge in [0.25, 0.3) is 0 Å². The summed E-state index contributed by atoms with van der Waals surface area (Å²) in [5.41, 5.74) is 7.54. The SMILES string of the molecule is CCCCCCN(C)Cc1cccc(C(N)=NO)c1. The molecule has 0 heterocycles. The van der Waals surface area contributed by atoms with Crippen LogP contribution in [-0.2, 0) is 6.54 Å². The first kappa shape index (κ1) is 15.5. The molecule has 0 saturated carbocycles. The van der Waals surface area contributed by atoms with Gasteiger partial charge in [0.15, 0.2) is 5.84 Å². The molecule has 0 fully saturated rings. The van der Waals surface area contributed by atoms with Crippen LogP contribution < -0.4 is 5.73 Å². The molecule has 0 unspecified atom stereocenters. The highest BCUT2D eigenvalue weighted by molar-refractivity contribution is 5.97. The Morgan fingerprint density at radius 2 is 2.11 bits per heavy atom. The predicted octanol–water partition coefficient (Wildman–Crippen LogP) is 2.79. The number of hydrogen-bond acceptors (Lipinski definition) is 3. The van der Waals surface area contributed by atoms with Gasteiger partial charge in [-0.3, -0.25) is 0 Å². The molecule has 3 N–H and O–H groups in total. The van der Waals surface area contributed by atoms with Crippen molar-refractivity contribution in [1.29, 1.82) is 0 Å². The number of oxime groups is 1. The second kappa shape index (κ2) is 8.53. The van der Waals surface area contributed by atoms with Crippen molar-refractivity contribution in [2.24, 2.45) is 10.9 Å². The lowest BCUT2D eigenvalue weighted by Crippen LogP contribution is -2.20. The highest BCUT2D eigenvalue weighted by atomic mass is 16.4. The second-order valence-corrected chi connectivity index (χ2v) is 4.98. The predicted molar refractivity (Wildman–Crippen MR) is 79.4 cm³/mol. The van der Waals surface area contributed by atoms with Gasteiger partial charge >= 0.3 is 0 Å². The summed E-state index contributed by atoms with van der Waals surface area (Å²) in [5.74, 6) is 0.160. The van der Waals surface area contributed by atoms with Crippen molar-refractivity contribution in [2.45, 2.75) is 39.2 Å². The molecule has 1 aromatic rings. The minimum atomic E-state index is 0.160. The van der Waals surface area contributed by atoms with E-state index in [1.807, 2.05) is 18.2 Å². The van der Waals surface area contributed by atoms with E-state index in [-0.39, 0.29) is 5.84 Å². The molecule has 1 aromatic carbocycles. The molecule has 0 spiro atoms. The molecule has 1 rings (SSSR count). The van der Waals surface area contributed by atoms with Crippen LogP contribution in [0.25, 0.3) is 0 Å². The van der Waals surface area contributed by atoms with E-state index in [1.54, 1.807) is 0 Å². The first-order valence-electron chi connectivity index (χ1n) is 6.92. The molecule has 0 amide bonds. The van der Waals surface area contributed by atoms with Gasteiger partial charge in [0.1, 0.15) is 0 Å². The van der Waals surface area contributed by atoms with Gasteiger partial charge in [-0.1, -0.05) is 49.5 Å². The van der Waals surface area contributed by atoms with Gasteiger partial charge in [-0.25, -0.2) is 0 Å². The topological polar surface area (TPSA) is 61.8 Å². The van der Waals surface area contributed by atoms with E-state index in [0.29, 0.717) is 0 Å². The number of amidine groups is 1. The largest absolute Gasteiger partial charge is 0.409 e. The van der Waals surface area contributed by atoms with Crippen LogP contribution in [0.5, 0.6) is 0 Å². The van der Waals surface area contributed by atoms with Crippen LogP contribution in [0, 0.1) is 0 Å². The smallest absolute Gasteiger partial charge is 0.170 e. The Balaban J connectivity index is 2.48. The van der Waals surface area contributed by atoms with Crippen LogP contribution in [-0.4, -0.2) is 29.5 Å². The highest BCUT2D eigenvalue weighted by Crippen LogP contribution is 2.09. The number of rotatable bonds is 8. The highest BCUT2D eigenvalue weighted by Gasteiger charge is 2.03. The first-order valence-corrected chi connectivity index (χ1v) is 6.92. The van der Waals surface area contributed by atoms with E-state index in [2.05, 4.69) is 30.1 Å². The van der Waals surface area contributed by atoms with Gasteiger partial charge in [0.2, 0.25) is 0 Å². The first-order chi connectivity index (χ1) is 9.17. The second-order valence-electron chi connectivity index (χ2n) is 4.98.